The van der Waals surface area contributed by atoms with Gasteiger partial charge in [0.25, 0.3) is 0 Å². The van der Waals surface area contributed by atoms with Gasteiger partial charge >= 0.3 is 0 Å². The minimum absolute atomic E-state index is 0.0774. The summed E-state index contributed by atoms with van der Waals surface area (Å²) in [6.45, 7) is 0.200. The number of benzene rings is 2. The Morgan fingerprint density at radius 1 is 0.958 bits per heavy atom. The number of hydrogen-bond donors (Lipinski definition) is 2. The van der Waals surface area contributed by atoms with Crippen LogP contribution in [0.15, 0.2) is 42.5 Å². The molecule has 0 unspecified atom stereocenters. The van der Waals surface area contributed by atoms with Crippen LogP contribution in [0.25, 0.3) is 0 Å². The largest absolute Gasteiger partial charge is 0.496 e. The van der Waals surface area contributed by atoms with E-state index in [-0.39, 0.29) is 19.0 Å². The predicted octanol–water partition coefficient (Wildman–Crippen LogP) is 2.78. The van der Waals surface area contributed by atoms with Crippen LogP contribution in [0.4, 0.5) is 0 Å². The first-order valence-electron chi connectivity index (χ1n) is 8.23. The number of rotatable bonds is 9. The summed E-state index contributed by atoms with van der Waals surface area (Å²) < 4.78 is 5.57. The zero-order chi connectivity index (χ0) is 17.4. The molecule has 24 heavy (non-hydrogen) atoms. The molecule has 0 saturated heterocycles. The van der Waals surface area contributed by atoms with Crippen molar-refractivity contribution in [1.82, 2.24) is 0 Å². The lowest BCUT2D eigenvalue weighted by Gasteiger charge is -2.17. The summed E-state index contributed by atoms with van der Waals surface area (Å²) in [7, 11) is 1.56. The van der Waals surface area contributed by atoms with Gasteiger partial charge in [0.05, 0.1) is 12.7 Å². The number of hydrogen-bond acceptors (Lipinski definition) is 4. The topological polar surface area (TPSA) is 66.8 Å². The summed E-state index contributed by atoms with van der Waals surface area (Å²) in [5, 5.41) is 18.3. The minimum Gasteiger partial charge on any atom is -0.496 e. The number of methoxy groups -OCH3 is 1. The van der Waals surface area contributed by atoms with Gasteiger partial charge in [0.2, 0.25) is 0 Å². The average molecular weight is 328 g/mol. The molecule has 0 aromatic heterocycles. The fraction of sp³-hybridized carbons (Fsp3) is 0.350. The van der Waals surface area contributed by atoms with Gasteiger partial charge < -0.3 is 14.9 Å². The van der Waals surface area contributed by atoms with Crippen molar-refractivity contribution in [2.24, 2.45) is 0 Å². The summed E-state index contributed by atoms with van der Waals surface area (Å²) in [4.78, 5) is 12.8. The summed E-state index contributed by atoms with van der Waals surface area (Å²) in [5.41, 5.74) is 3.15. The van der Waals surface area contributed by atoms with Gasteiger partial charge in [-0.3, -0.25) is 4.79 Å². The number of aryl methyl sites for hydroxylation is 1. The molecule has 2 aromatic rings. The SMILES string of the molecule is COc1c(C(=O)c2ccccc2)ccc(CCCO)c1CCCO. The smallest absolute Gasteiger partial charge is 0.196 e. The molecule has 0 radical (unpaired) electrons. The predicted molar refractivity (Wildman–Crippen MR) is 93.7 cm³/mol. The van der Waals surface area contributed by atoms with Crippen LogP contribution in [0.3, 0.4) is 0 Å². The van der Waals surface area contributed by atoms with E-state index in [0.717, 1.165) is 11.1 Å². The Morgan fingerprint density at radius 3 is 2.25 bits per heavy atom. The van der Waals surface area contributed by atoms with Crippen molar-refractivity contribution in [2.45, 2.75) is 25.7 Å². The molecule has 4 nitrogen and oxygen atoms in total. The summed E-state index contributed by atoms with van der Waals surface area (Å²) in [6.07, 6.45) is 2.61. The van der Waals surface area contributed by atoms with Crippen LogP contribution >= 0.6 is 0 Å². The van der Waals surface area contributed by atoms with Crippen molar-refractivity contribution in [3.05, 3.63) is 64.7 Å². The monoisotopic (exact) mass is 328 g/mol. The molecule has 0 saturated carbocycles. The standard InChI is InChI=1S/C20H24O4/c1-24-20-17(10-6-14-22)15(9-5-13-21)11-12-18(20)19(23)16-7-3-2-4-8-16/h2-4,7-8,11-12,21-22H,5-6,9-10,13-14H2,1H3. The van der Waals surface area contributed by atoms with Crippen molar-refractivity contribution < 1.29 is 19.7 Å². The van der Waals surface area contributed by atoms with Crippen LogP contribution in [-0.4, -0.2) is 36.3 Å². The molecular weight excluding hydrogens is 304 g/mol. The molecule has 0 aliphatic rings. The number of ketones is 1. The molecule has 2 rings (SSSR count). The zero-order valence-corrected chi connectivity index (χ0v) is 14.0. The third-order valence-electron chi connectivity index (χ3n) is 4.03. The normalized spacial score (nSPS) is 10.6. The number of carbonyl (C=O) groups is 1. The Morgan fingerprint density at radius 2 is 1.62 bits per heavy atom. The van der Waals surface area contributed by atoms with E-state index in [2.05, 4.69) is 0 Å². The van der Waals surface area contributed by atoms with E-state index in [9.17, 15) is 4.79 Å². The Balaban J connectivity index is 2.46. The molecule has 0 atom stereocenters. The van der Waals surface area contributed by atoms with Crippen LogP contribution in [-0.2, 0) is 12.8 Å². The molecule has 0 aliphatic carbocycles. The maximum absolute atomic E-state index is 12.8. The van der Waals surface area contributed by atoms with E-state index in [1.165, 1.54) is 0 Å². The van der Waals surface area contributed by atoms with Crippen LogP contribution in [0.1, 0.15) is 39.9 Å². The number of aliphatic hydroxyl groups excluding tert-OH is 2. The highest BCUT2D eigenvalue weighted by molar-refractivity contribution is 6.11. The first kappa shape index (κ1) is 18.2. The first-order chi connectivity index (χ1) is 11.7. The third-order valence-corrected chi connectivity index (χ3v) is 4.03. The Hall–Kier alpha value is -2.17. The molecule has 0 spiro atoms. The van der Waals surface area contributed by atoms with Gasteiger partial charge in [-0.05, 0) is 42.9 Å². The second kappa shape index (κ2) is 9.21. The number of aliphatic hydroxyl groups is 2. The molecule has 2 N–H and O–H groups in total. The van der Waals surface area contributed by atoms with E-state index in [1.54, 1.807) is 25.3 Å². The molecular formula is C20H24O4. The van der Waals surface area contributed by atoms with E-state index in [0.29, 0.717) is 42.6 Å². The molecule has 0 aliphatic heterocycles. The minimum atomic E-state index is -0.0774. The van der Waals surface area contributed by atoms with Crippen LogP contribution in [0.5, 0.6) is 5.75 Å². The number of carbonyl (C=O) groups excluding carboxylic acids is 1. The van der Waals surface area contributed by atoms with Crippen molar-refractivity contribution in [2.75, 3.05) is 20.3 Å². The van der Waals surface area contributed by atoms with Crippen molar-refractivity contribution in [1.29, 1.82) is 0 Å². The quantitative estimate of drug-likeness (QED) is 0.695. The average Bonchev–Trinajstić information content (AvgIpc) is 2.64. The first-order valence-corrected chi connectivity index (χ1v) is 8.23. The second-order valence-electron chi connectivity index (χ2n) is 5.63. The highest BCUT2D eigenvalue weighted by Gasteiger charge is 2.19. The molecule has 0 fully saturated rings. The Kier molecular flexibility index (Phi) is 6.97. The summed E-state index contributed by atoms with van der Waals surface area (Å²) in [5.74, 6) is 0.499. The van der Waals surface area contributed by atoms with E-state index >= 15 is 0 Å². The maximum atomic E-state index is 12.8. The van der Waals surface area contributed by atoms with Crippen molar-refractivity contribution in [3.8, 4) is 5.75 Å². The lowest BCUT2D eigenvalue weighted by molar-refractivity contribution is 0.103. The van der Waals surface area contributed by atoms with Gasteiger partial charge in [0.1, 0.15) is 5.75 Å². The molecule has 4 heteroatoms. The Labute approximate surface area is 142 Å². The molecule has 0 amide bonds. The van der Waals surface area contributed by atoms with Gasteiger partial charge in [0.15, 0.2) is 5.78 Å². The van der Waals surface area contributed by atoms with Crippen LogP contribution in [0.2, 0.25) is 0 Å². The van der Waals surface area contributed by atoms with Crippen LogP contribution in [0, 0.1) is 0 Å². The highest BCUT2D eigenvalue weighted by Crippen LogP contribution is 2.31. The zero-order valence-electron chi connectivity index (χ0n) is 14.0. The fourth-order valence-corrected chi connectivity index (χ4v) is 2.86. The summed E-state index contributed by atoms with van der Waals surface area (Å²) >= 11 is 0. The second-order valence-corrected chi connectivity index (χ2v) is 5.63. The molecule has 0 heterocycles. The van der Waals surface area contributed by atoms with Gasteiger partial charge in [-0.15, -0.1) is 0 Å². The van der Waals surface area contributed by atoms with Crippen molar-refractivity contribution in [3.63, 3.8) is 0 Å². The van der Waals surface area contributed by atoms with E-state index in [4.69, 9.17) is 14.9 Å². The van der Waals surface area contributed by atoms with Gasteiger partial charge in [-0.2, -0.15) is 0 Å². The summed E-state index contributed by atoms with van der Waals surface area (Å²) in [6, 6.07) is 12.8. The fourth-order valence-electron chi connectivity index (χ4n) is 2.86. The van der Waals surface area contributed by atoms with Gasteiger partial charge in [0, 0.05) is 18.8 Å². The lowest BCUT2D eigenvalue weighted by atomic mass is 9.92. The maximum Gasteiger partial charge on any atom is 0.196 e. The molecule has 0 bridgehead atoms. The van der Waals surface area contributed by atoms with Crippen LogP contribution < -0.4 is 4.74 Å². The molecule has 2 aromatic carbocycles. The third kappa shape index (κ3) is 4.22. The van der Waals surface area contributed by atoms with E-state index in [1.807, 2.05) is 24.3 Å². The van der Waals surface area contributed by atoms with Gasteiger partial charge in [-0.1, -0.05) is 36.4 Å². The van der Waals surface area contributed by atoms with Crippen molar-refractivity contribution >= 4 is 5.78 Å². The van der Waals surface area contributed by atoms with E-state index < -0.39 is 0 Å². The van der Waals surface area contributed by atoms with Gasteiger partial charge in [-0.25, -0.2) is 0 Å². The number of ether oxygens (including phenoxy) is 1. The highest BCUT2D eigenvalue weighted by atomic mass is 16.5. The lowest BCUT2D eigenvalue weighted by Crippen LogP contribution is -2.09. The molecule has 128 valence electrons. The Bertz CT molecular complexity index is 665.